The van der Waals surface area contributed by atoms with Gasteiger partial charge in [0.25, 0.3) is 0 Å². The molecule has 1 fully saturated rings. The van der Waals surface area contributed by atoms with Crippen LogP contribution in [0, 0.1) is 6.92 Å². The molecule has 146 valence electrons. The van der Waals surface area contributed by atoms with Gasteiger partial charge in [-0.05, 0) is 29.5 Å². The van der Waals surface area contributed by atoms with E-state index in [1.54, 1.807) is 9.25 Å². The molecule has 3 aromatic rings. The lowest BCUT2D eigenvalue weighted by atomic mass is 10.2. The summed E-state index contributed by atoms with van der Waals surface area (Å²) in [7, 11) is 0. The molecule has 1 saturated heterocycles. The van der Waals surface area contributed by atoms with E-state index in [2.05, 4.69) is 20.4 Å². The minimum absolute atomic E-state index is 0.0112. The Balaban J connectivity index is 1.36. The molecule has 28 heavy (non-hydrogen) atoms. The smallest absolute Gasteiger partial charge is 0.307 e. The molecule has 1 aliphatic rings. The highest BCUT2D eigenvalue weighted by atomic mass is 32.1. The summed E-state index contributed by atoms with van der Waals surface area (Å²) < 4.78 is 3.37. The number of para-hydroxylation sites is 1. The molecule has 0 saturated carbocycles. The van der Waals surface area contributed by atoms with E-state index in [-0.39, 0.29) is 10.8 Å². The van der Waals surface area contributed by atoms with Crippen LogP contribution < -0.4 is 9.77 Å². The maximum atomic E-state index is 12.5. The molecule has 10 heteroatoms. The summed E-state index contributed by atoms with van der Waals surface area (Å²) in [5.41, 5.74) is 1.80. The summed E-state index contributed by atoms with van der Waals surface area (Å²) >= 11 is 1.17. The number of aromatic nitrogens is 5. The fourth-order valence-electron chi connectivity index (χ4n) is 3.31. The number of tetrazole rings is 1. The molecule has 0 aliphatic carbocycles. The van der Waals surface area contributed by atoms with E-state index in [0.717, 1.165) is 11.4 Å². The Morgan fingerprint density at radius 3 is 2.57 bits per heavy atom. The summed E-state index contributed by atoms with van der Waals surface area (Å²) in [4.78, 5) is 28.3. The third kappa shape index (κ3) is 3.68. The zero-order valence-corrected chi connectivity index (χ0v) is 16.4. The Bertz CT molecular complexity index is 1000. The van der Waals surface area contributed by atoms with Crippen molar-refractivity contribution in [2.45, 2.75) is 19.9 Å². The topological polar surface area (TPSA) is 89.2 Å². The molecular formula is C18H21N7O2S. The molecular weight excluding hydrogens is 378 g/mol. The Morgan fingerprint density at radius 2 is 1.89 bits per heavy atom. The van der Waals surface area contributed by atoms with E-state index >= 15 is 0 Å². The van der Waals surface area contributed by atoms with Crippen LogP contribution in [0.1, 0.15) is 12.1 Å². The molecule has 1 amide bonds. The number of nitrogens with zero attached hydrogens (tertiary/aromatic N) is 7. The van der Waals surface area contributed by atoms with Crippen LogP contribution in [-0.4, -0.2) is 61.8 Å². The average molecular weight is 399 g/mol. The van der Waals surface area contributed by atoms with E-state index in [0.29, 0.717) is 45.1 Å². The normalized spacial score (nSPS) is 14.5. The van der Waals surface area contributed by atoms with Crippen LogP contribution in [0.5, 0.6) is 0 Å². The first-order valence-electron chi connectivity index (χ1n) is 9.15. The molecule has 1 aliphatic heterocycles. The second kappa shape index (κ2) is 7.93. The van der Waals surface area contributed by atoms with Gasteiger partial charge in [-0.25, -0.2) is 0 Å². The number of thiazole rings is 1. The van der Waals surface area contributed by atoms with Gasteiger partial charge in [0.15, 0.2) is 0 Å². The van der Waals surface area contributed by atoms with E-state index in [1.165, 1.54) is 11.3 Å². The van der Waals surface area contributed by atoms with Crippen LogP contribution in [0.15, 0.2) is 40.5 Å². The van der Waals surface area contributed by atoms with Crippen LogP contribution in [0.25, 0.3) is 5.69 Å². The zero-order valence-electron chi connectivity index (χ0n) is 15.6. The summed E-state index contributed by atoms with van der Waals surface area (Å²) in [6.45, 7) is 4.86. The fourth-order valence-corrected chi connectivity index (χ4v) is 4.07. The Kier molecular flexibility index (Phi) is 5.20. The van der Waals surface area contributed by atoms with E-state index in [4.69, 9.17) is 0 Å². The van der Waals surface area contributed by atoms with Crippen LogP contribution in [-0.2, 0) is 11.3 Å². The first kappa shape index (κ1) is 18.4. The number of carbonyl (C=O) groups excluding carboxylic acids is 1. The van der Waals surface area contributed by atoms with Gasteiger partial charge in [0.2, 0.25) is 11.9 Å². The molecule has 2 aromatic heterocycles. The number of piperazine rings is 1. The van der Waals surface area contributed by atoms with Gasteiger partial charge < -0.3 is 14.4 Å². The van der Waals surface area contributed by atoms with Crippen molar-refractivity contribution in [2.24, 2.45) is 0 Å². The minimum atomic E-state index is -0.0112. The van der Waals surface area contributed by atoms with Crippen LogP contribution in [0.4, 0.5) is 5.95 Å². The Labute approximate surface area is 165 Å². The summed E-state index contributed by atoms with van der Waals surface area (Å²) in [6, 6.07) is 9.74. The van der Waals surface area contributed by atoms with Gasteiger partial charge in [0, 0.05) is 50.2 Å². The second-order valence-corrected chi connectivity index (χ2v) is 7.46. The molecule has 0 atom stereocenters. The molecule has 0 radical (unpaired) electrons. The highest BCUT2D eigenvalue weighted by molar-refractivity contribution is 7.07. The van der Waals surface area contributed by atoms with E-state index in [9.17, 15) is 9.59 Å². The summed E-state index contributed by atoms with van der Waals surface area (Å²) in [6.07, 6.45) is 0.333. The quantitative estimate of drug-likeness (QED) is 0.634. The highest BCUT2D eigenvalue weighted by Crippen LogP contribution is 2.17. The molecule has 4 rings (SSSR count). The number of hydrogen-bond donors (Lipinski definition) is 0. The van der Waals surface area contributed by atoms with Crippen molar-refractivity contribution < 1.29 is 4.79 Å². The first-order valence-corrected chi connectivity index (χ1v) is 10.0. The standard InChI is InChI=1S/C18H21N7O2S/c1-14-13-28-18(27)24(14)8-7-16(26)22-9-11-23(12-10-22)17-19-20-21-25(17)15-5-3-2-4-6-15/h2-6,13H,7-12H2,1H3. The summed E-state index contributed by atoms with van der Waals surface area (Å²) in [5.74, 6) is 0.749. The number of aryl methyl sites for hydroxylation is 1. The molecule has 0 spiro atoms. The van der Waals surface area contributed by atoms with Gasteiger partial charge in [0.1, 0.15) is 0 Å². The van der Waals surface area contributed by atoms with Crippen molar-refractivity contribution in [3.05, 3.63) is 51.1 Å². The fraction of sp³-hybridized carbons (Fsp3) is 0.389. The van der Waals surface area contributed by atoms with Crippen LogP contribution in [0.3, 0.4) is 0 Å². The number of rotatable bonds is 5. The van der Waals surface area contributed by atoms with Crippen molar-refractivity contribution >= 4 is 23.2 Å². The van der Waals surface area contributed by atoms with Gasteiger partial charge in [-0.2, -0.15) is 4.68 Å². The third-order valence-electron chi connectivity index (χ3n) is 4.89. The van der Waals surface area contributed by atoms with E-state index < -0.39 is 0 Å². The number of anilines is 1. The van der Waals surface area contributed by atoms with Crippen molar-refractivity contribution in [1.29, 1.82) is 0 Å². The lowest BCUT2D eigenvalue weighted by Crippen LogP contribution is -2.49. The average Bonchev–Trinajstić information content (AvgIpc) is 3.34. The number of hydrogen-bond acceptors (Lipinski definition) is 7. The van der Waals surface area contributed by atoms with Crippen LogP contribution in [0.2, 0.25) is 0 Å². The zero-order chi connectivity index (χ0) is 19.5. The van der Waals surface area contributed by atoms with Gasteiger partial charge in [0.05, 0.1) is 5.69 Å². The van der Waals surface area contributed by atoms with Crippen molar-refractivity contribution in [3.63, 3.8) is 0 Å². The van der Waals surface area contributed by atoms with E-state index in [1.807, 2.05) is 47.5 Å². The first-order chi connectivity index (χ1) is 13.6. The molecule has 9 nitrogen and oxygen atoms in total. The number of amides is 1. The maximum Gasteiger partial charge on any atom is 0.307 e. The second-order valence-electron chi connectivity index (χ2n) is 6.64. The maximum absolute atomic E-state index is 12.5. The van der Waals surface area contributed by atoms with Crippen molar-refractivity contribution in [2.75, 3.05) is 31.1 Å². The van der Waals surface area contributed by atoms with Gasteiger partial charge in [-0.15, -0.1) is 0 Å². The molecule has 1 aromatic carbocycles. The monoisotopic (exact) mass is 399 g/mol. The predicted octanol–water partition coefficient (Wildman–Crippen LogP) is 0.933. The minimum Gasteiger partial charge on any atom is -0.339 e. The molecule has 0 unspecified atom stereocenters. The predicted molar refractivity (Wildman–Crippen MR) is 106 cm³/mol. The van der Waals surface area contributed by atoms with Crippen molar-refractivity contribution in [3.8, 4) is 5.69 Å². The van der Waals surface area contributed by atoms with Gasteiger partial charge in [-0.1, -0.05) is 34.6 Å². The molecule has 0 bridgehead atoms. The van der Waals surface area contributed by atoms with Gasteiger partial charge >= 0.3 is 4.87 Å². The molecule has 0 N–H and O–H groups in total. The Morgan fingerprint density at radius 1 is 1.14 bits per heavy atom. The summed E-state index contributed by atoms with van der Waals surface area (Å²) in [5, 5.41) is 13.9. The largest absolute Gasteiger partial charge is 0.339 e. The number of benzene rings is 1. The highest BCUT2D eigenvalue weighted by Gasteiger charge is 2.24. The lowest BCUT2D eigenvalue weighted by molar-refractivity contribution is -0.131. The number of carbonyl (C=O) groups is 1. The van der Waals surface area contributed by atoms with Crippen molar-refractivity contribution in [1.82, 2.24) is 29.7 Å². The Hall–Kier alpha value is -3.01. The van der Waals surface area contributed by atoms with Gasteiger partial charge in [-0.3, -0.25) is 9.59 Å². The SMILES string of the molecule is Cc1csc(=O)n1CCC(=O)N1CCN(c2nnnn2-c2ccccc2)CC1. The van der Waals surface area contributed by atoms with Crippen LogP contribution >= 0.6 is 11.3 Å². The molecule has 3 heterocycles. The third-order valence-corrected chi connectivity index (χ3v) is 5.78. The lowest BCUT2D eigenvalue weighted by Gasteiger charge is -2.34.